The average molecular weight is 429 g/mol. The summed E-state index contributed by atoms with van der Waals surface area (Å²) in [7, 11) is -2.64. The third kappa shape index (κ3) is 5.45. The lowest BCUT2D eigenvalue weighted by Crippen LogP contribution is -2.44. The van der Waals surface area contributed by atoms with Gasteiger partial charge in [-0.15, -0.1) is 5.73 Å². The molecule has 30 heavy (non-hydrogen) atoms. The Bertz CT molecular complexity index is 1070. The second-order valence-corrected chi connectivity index (χ2v) is 7.98. The molecule has 8 heteroatoms. The Kier molecular flexibility index (Phi) is 7.72. The monoisotopic (exact) mass is 429 g/mol. The highest BCUT2D eigenvalue weighted by Crippen LogP contribution is 2.19. The molecule has 2 aromatic rings. The standard InChI is InChI=1S/C22H23NO6S/c1-5-19(21(24)16-9-11-17(28-4)12-10-16)20(22(25)29-6-2)23-30(26,27)18-13-7-15(3)8-14-18/h7-14,20,23H,1,6H2,2-4H3. The van der Waals surface area contributed by atoms with Gasteiger partial charge in [-0.05, 0) is 50.2 Å². The van der Waals surface area contributed by atoms with Crippen molar-refractivity contribution in [1.82, 2.24) is 4.72 Å². The average Bonchev–Trinajstić information content (AvgIpc) is 2.74. The van der Waals surface area contributed by atoms with Crippen LogP contribution in [0.4, 0.5) is 0 Å². The van der Waals surface area contributed by atoms with Gasteiger partial charge in [-0.3, -0.25) is 4.79 Å². The van der Waals surface area contributed by atoms with Crippen LogP contribution in [-0.4, -0.2) is 39.9 Å². The predicted octanol–water partition coefficient (Wildman–Crippen LogP) is 2.81. The van der Waals surface area contributed by atoms with Gasteiger partial charge in [0.05, 0.1) is 24.2 Å². The summed E-state index contributed by atoms with van der Waals surface area (Å²) in [5, 5.41) is 0. The minimum atomic E-state index is -4.13. The maximum atomic E-state index is 13.0. The molecular weight excluding hydrogens is 406 g/mol. The molecular formula is C22H23NO6S. The highest BCUT2D eigenvalue weighted by molar-refractivity contribution is 7.89. The van der Waals surface area contributed by atoms with E-state index < -0.39 is 27.8 Å². The quantitative estimate of drug-likeness (QED) is 0.285. The summed E-state index contributed by atoms with van der Waals surface area (Å²) in [5.41, 5.74) is 3.23. The Labute approximate surface area is 176 Å². The van der Waals surface area contributed by atoms with Crippen molar-refractivity contribution in [1.29, 1.82) is 0 Å². The van der Waals surface area contributed by atoms with Crippen molar-refractivity contribution in [3.63, 3.8) is 0 Å². The number of methoxy groups -OCH3 is 1. The zero-order valence-corrected chi connectivity index (χ0v) is 17.8. The Balaban J connectivity index is 2.43. The summed E-state index contributed by atoms with van der Waals surface area (Å²) in [6, 6.07) is 10.6. The van der Waals surface area contributed by atoms with Crippen molar-refractivity contribution >= 4 is 21.8 Å². The molecule has 0 aliphatic heterocycles. The van der Waals surface area contributed by atoms with Gasteiger partial charge in [0, 0.05) is 5.56 Å². The van der Waals surface area contributed by atoms with Crippen molar-refractivity contribution in [3.05, 3.63) is 77.5 Å². The molecule has 0 saturated heterocycles. The Hall–Kier alpha value is -3.19. The predicted molar refractivity (Wildman–Crippen MR) is 112 cm³/mol. The molecule has 0 radical (unpaired) electrons. The van der Waals surface area contributed by atoms with Crippen LogP contribution >= 0.6 is 0 Å². The smallest absolute Gasteiger partial charge is 0.329 e. The van der Waals surface area contributed by atoms with E-state index in [2.05, 4.69) is 17.0 Å². The number of nitrogens with one attached hydrogen (secondary N) is 1. The fourth-order valence-corrected chi connectivity index (χ4v) is 3.76. The normalized spacial score (nSPS) is 11.8. The van der Waals surface area contributed by atoms with Gasteiger partial charge in [0.15, 0.2) is 11.8 Å². The number of ketones is 1. The third-order valence-corrected chi connectivity index (χ3v) is 5.64. The summed E-state index contributed by atoms with van der Waals surface area (Å²) in [4.78, 5) is 25.4. The number of rotatable bonds is 9. The van der Waals surface area contributed by atoms with E-state index in [1.165, 1.54) is 31.4 Å². The summed E-state index contributed by atoms with van der Waals surface area (Å²) in [5.74, 6) is -1.00. The van der Waals surface area contributed by atoms with E-state index in [0.717, 1.165) is 5.56 Å². The maximum Gasteiger partial charge on any atom is 0.329 e. The van der Waals surface area contributed by atoms with Gasteiger partial charge in [-0.2, -0.15) is 4.72 Å². The Morgan fingerprint density at radius 1 is 1.10 bits per heavy atom. The van der Waals surface area contributed by atoms with Gasteiger partial charge in [0.1, 0.15) is 5.75 Å². The molecule has 0 amide bonds. The molecule has 0 bridgehead atoms. The molecule has 2 aromatic carbocycles. The minimum Gasteiger partial charge on any atom is -0.497 e. The molecule has 0 aliphatic carbocycles. The van der Waals surface area contributed by atoms with Crippen molar-refractivity contribution in [3.8, 4) is 5.75 Å². The van der Waals surface area contributed by atoms with Crippen LogP contribution in [-0.2, 0) is 19.6 Å². The fourth-order valence-electron chi connectivity index (χ4n) is 2.60. The molecule has 0 aliphatic rings. The molecule has 0 spiro atoms. The molecule has 7 nitrogen and oxygen atoms in total. The fraction of sp³-hybridized carbons (Fsp3) is 0.227. The lowest BCUT2D eigenvalue weighted by Gasteiger charge is -2.19. The zero-order chi connectivity index (χ0) is 22.3. The Morgan fingerprint density at radius 3 is 2.20 bits per heavy atom. The number of ether oxygens (including phenoxy) is 2. The van der Waals surface area contributed by atoms with Crippen LogP contribution in [0, 0.1) is 6.92 Å². The van der Waals surface area contributed by atoms with Crippen LogP contribution in [0.15, 0.2) is 71.3 Å². The van der Waals surface area contributed by atoms with Crippen LogP contribution in [0.2, 0.25) is 0 Å². The number of Topliss-reactive ketones (excluding diaryl/α,β-unsaturated/α-hetero) is 1. The van der Waals surface area contributed by atoms with Crippen LogP contribution in [0.25, 0.3) is 0 Å². The molecule has 1 atom stereocenters. The van der Waals surface area contributed by atoms with Crippen LogP contribution in [0.5, 0.6) is 5.75 Å². The van der Waals surface area contributed by atoms with Crippen molar-refractivity contribution in [2.45, 2.75) is 24.8 Å². The number of carbonyl (C=O) groups is 2. The van der Waals surface area contributed by atoms with Gasteiger partial charge < -0.3 is 9.47 Å². The van der Waals surface area contributed by atoms with Crippen molar-refractivity contribution < 1.29 is 27.5 Å². The molecule has 0 heterocycles. The zero-order valence-electron chi connectivity index (χ0n) is 17.0. The molecule has 0 saturated carbocycles. The Morgan fingerprint density at radius 2 is 1.70 bits per heavy atom. The van der Waals surface area contributed by atoms with Crippen molar-refractivity contribution in [2.24, 2.45) is 0 Å². The van der Waals surface area contributed by atoms with E-state index in [1.807, 2.05) is 6.92 Å². The summed E-state index contributed by atoms with van der Waals surface area (Å²) in [6.07, 6.45) is 0. The van der Waals surface area contributed by atoms with Gasteiger partial charge in [-0.25, -0.2) is 13.2 Å². The molecule has 0 fully saturated rings. The van der Waals surface area contributed by atoms with Crippen LogP contribution in [0.3, 0.4) is 0 Å². The second kappa shape index (κ2) is 10.0. The number of aryl methyl sites for hydroxylation is 1. The number of carbonyl (C=O) groups excluding carboxylic acids is 2. The molecule has 2 rings (SSSR count). The van der Waals surface area contributed by atoms with Gasteiger partial charge >= 0.3 is 5.97 Å². The van der Waals surface area contributed by atoms with Gasteiger partial charge in [-0.1, -0.05) is 24.3 Å². The van der Waals surface area contributed by atoms with Gasteiger partial charge in [0.25, 0.3) is 0 Å². The molecule has 1 unspecified atom stereocenters. The van der Waals surface area contributed by atoms with E-state index in [4.69, 9.17) is 9.47 Å². The summed E-state index contributed by atoms with van der Waals surface area (Å²) in [6.45, 7) is 6.86. The third-order valence-electron chi connectivity index (χ3n) is 4.20. The number of esters is 1. The first-order chi connectivity index (χ1) is 14.2. The summed E-state index contributed by atoms with van der Waals surface area (Å²) >= 11 is 0. The van der Waals surface area contributed by atoms with Gasteiger partial charge in [0.2, 0.25) is 10.0 Å². The first-order valence-electron chi connectivity index (χ1n) is 9.07. The lowest BCUT2D eigenvalue weighted by atomic mass is 9.98. The largest absolute Gasteiger partial charge is 0.497 e. The number of sulfonamides is 1. The molecule has 0 aromatic heterocycles. The highest BCUT2D eigenvalue weighted by Gasteiger charge is 2.34. The topological polar surface area (TPSA) is 98.8 Å². The lowest BCUT2D eigenvalue weighted by molar-refractivity contribution is -0.144. The van der Waals surface area contributed by atoms with Crippen LogP contribution in [0.1, 0.15) is 22.8 Å². The minimum absolute atomic E-state index is 0.00272. The first kappa shape index (κ1) is 23.1. The second-order valence-electron chi connectivity index (χ2n) is 6.27. The molecule has 1 N–H and O–H groups in total. The number of benzene rings is 2. The molecule has 158 valence electrons. The van der Waals surface area contributed by atoms with E-state index in [0.29, 0.717) is 5.75 Å². The first-order valence-corrected chi connectivity index (χ1v) is 10.6. The van der Waals surface area contributed by atoms with Crippen LogP contribution < -0.4 is 9.46 Å². The SMILES string of the molecule is C=C=C(C(=O)c1ccc(OC)cc1)C(NS(=O)(=O)c1ccc(C)cc1)C(=O)OCC. The van der Waals surface area contributed by atoms with E-state index in [9.17, 15) is 18.0 Å². The van der Waals surface area contributed by atoms with E-state index in [-0.39, 0.29) is 22.6 Å². The van der Waals surface area contributed by atoms with Crippen molar-refractivity contribution in [2.75, 3.05) is 13.7 Å². The number of hydrogen-bond donors (Lipinski definition) is 1. The summed E-state index contributed by atoms with van der Waals surface area (Å²) < 4.78 is 37.9. The van der Waals surface area contributed by atoms with E-state index in [1.54, 1.807) is 31.2 Å². The number of hydrogen-bond acceptors (Lipinski definition) is 6. The highest BCUT2D eigenvalue weighted by atomic mass is 32.2. The van der Waals surface area contributed by atoms with E-state index >= 15 is 0 Å². The maximum absolute atomic E-state index is 13.0.